The Hall–Kier alpha value is -1.50. The minimum Gasteiger partial charge on any atom is -0.545 e. The van der Waals surface area contributed by atoms with Gasteiger partial charge in [0.05, 0.1) is 11.5 Å². The van der Waals surface area contributed by atoms with Crippen LogP contribution >= 0.6 is 0 Å². The summed E-state index contributed by atoms with van der Waals surface area (Å²) in [6.07, 6.45) is 0.956. The van der Waals surface area contributed by atoms with Crippen molar-refractivity contribution in [1.82, 2.24) is 0 Å². The molecule has 132 valence electrons. The topological polar surface area (TPSA) is 205 Å². The van der Waals surface area contributed by atoms with E-state index in [1.165, 1.54) is 24.3 Å². The summed E-state index contributed by atoms with van der Waals surface area (Å²) in [6, 6.07) is 4.49. The molecule has 0 aliphatic rings. The van der Waals surface area contributed by atoms with E-state index >= 15 is 0 Å². The third kappa shape index (κ3) is 11.6. The van der Waals surface area contributed by atoms with E-state index < -0.39 is 23.9 Å². The second kappa shape index (κ2) is 13.7. The van der Waals surface area contributed by atoms with E-state index in [0.717, 1.165) is 0 Å². The Morgan fingerprint density at radius 1 is 1.12 bits per heavy atom. The van der Waals surface area contributed by atoms with Crippen LogP contribution in [0.15, 0.2) is 29.3 Å². The molecule has 0 fully saturated rings. The Bertz CT molecular complexity index is 586. The smallest absolute Gasteiger partial charge is 0.545 e. The first-order valence-electron chi connectivity index (χ1n) is 6.74. The van der Waals surface area contributed by atoms with Gasteiger partial charge < -0.3 is 37.3 Å². The first-order valence-corrected chi connectivity index (χ1v) is 6.74. The molecule has 0 saturated carbocycles. The molecule has 0 aliphatic heterocycles. The summed E-state index contributed by atoms with van der Waals surface area (Å²) >= 11 is 0. The van der Waals surface area contributed by atoms with Gasteiger partial charge in [0.25, 0.3) is 0 Å². The number of carbonyl (C=O) groups is 3. The number of carboxylic acids is 3. The Labute approximate surface area is 186 Å². The molecule has 0 aliphatic carbocycles. The van der Waals surface area contributed by atoms with Crippen LogP contribution in [0.5, 0.6) is 0 Å². The monoisotopic (exact) mass is 378 g/mol. The van der Waals surface area contributed by atoms with Crippen molar-refractivity contribution < 1.29 is 81.1 Å². The van der Waals surface area contributed by atoms with Crippen LogP contribution in [0.1, 0.15) is 33.6 Å². The van der Waals surface area contributed by atoms with Crippen molar-refractivity contribution in [2.24, 2.45) is 22.2 Å². The zero-order valence-corrected chi connectivity index (χ0v) is 16.8. The van der Waals surface area contributed by atoms with Crippen LogP contribution in [0.3, 0.4) is 0 Å². The molecular weight excluding hydrogens is 359 g/mol. The fourth-order valence-corrected chi connectivity index (χ4v) is 1.49. The van der Waals surface area contributed by atoms with Crippen molar-refractivity contribution in [3.63, 3.8) is 0 Å². The minimum absolute atomic E-state index is 0. The maximum Gasteiger partial charge on any atom is 1.00 e. The summed E-state index contributed by atoms with van der Waals surface area (Å²) in [5.41, 5.74) is 14.8. The summed E-state index contributed by atoms with van der Waals surface area (Å²) < 4.78 is 0. The van der Waals surface area contributed by atoms with Crippen molar-refractivity contribution in [3.8, 4) is 0 Å². The third-order valence-corrected chi connectivity index (χ3v) is 2.66. The molecule has 1 rings (SSSR count). The minimum atomic E-state index is -1.48. The zero-order valence-electron chi connectivity index (χ0n) is 13.7. The van der Waals surface area contributed by atoms with Gasteiger partial charge in [0.15, 0.2) is 5.96 Å². The maximum absolute atomic E-state index is 10.4. The van der Waals surface area contributed by atoms with Crippen molar-refractivity contribution in [2.45, 2.75) is 18.9 Å². The van der Waals surface area contributed by atoms with E-state index in [9.17, 15) is 19.5 Å². The quantitative estimate of drug-likeness (QED) is 0.133. The number of hydrogen-bond acceptors (Lipinski definition) is 6. The van der Waals surface area contributed by atoms with Crippen LogP contribution in [-0.2, 0) is 4.79 Å². The van der Waals surface area contributed by atoms with Crippen LogP contribution in [0.4, 0.5) is 0 Å². The van der Waals surface area contributed by atoms with Gasteiger partial charge in [0.2, 0.25) is 0 Å². The predicted octanol–water partition coefficient (Wildman–Crippen LogP) is -4.80. The second-order valence-electron chi connectivity index (χ2n) is 4.53. The number of aromatic carboxylic acids is 2. The van der Waals surface area contributed by atoms with Gasteiger partial charge >= 0.3 is 63.3 Å². The summed E-state index contributed by atoms with van der Waals surface area (Å²) in [6.45, 7) is 0.420. The van der Waals surface area contributed by atoms with Gasteiger partial charge in [-0.3, -0.25) is 9.79 Å². The second-order valence-corrected chi connectivity index (χ2v) is 4.53. The number of nitrogens with zero attached hydrogens (tertiary/aromatic N) is 1. The van der Waals surface area contributed by atoms with Gasteiger partial charge in [0.1, 0.15) is 6.04 Å². The van der Waals surface area contributed by atoms with Crippen LogP contribution in [0.25, 0.3) is 0 Å². The van der Waals surface area contributed by atoms with Crippen LogP contribution < -0.4 is 73.7 Å². The Kier molecular flexibility index (Phi) is 14.2. The van der Waals surface area contributed by atoms with Crippen molar-refractivity contribution in [2.75, 3.05) is 6.54 Å². The van der Waals surface area contributed by atoms with E-state index in [4.69, 9.17) is 27.4 Å². The van der Waals surface area contributed by atoms with E-state index in [-0.39, 0.29) is 68.5 Å². The number of rotatable bonds is 7. The number of carboxylic acid groups (broad SMARTS) is 3. The molecule has 1 aromatic carbocycles. The number of hydrogen-bond donors (Lipinski definition) is 5. The standard InChI is InChI=1S/C8H6O4.C6H14N4O2.K/c9-7(10)5-3-1-2-4-6(5)8(11)12;7-4(5(11)12)2-1-3-10-6(8)9;/h1-4H,(H,9,10)(H,11,12);4H,1-3,7H2,(H,11,12)(H4,8,9,10);/q;;+1/p-1. The molecule has 0 aromatic heterocycles. The molecule has 0 heterocycles. The van der Waals surface area contributed by atoms with Crippen molar-refractivity contribution in [3.05, 3.63) is 35.4 Å². The van der Waals surface area contributed by atoms with Crippen molar-refractivity contribution >= 4 is 23.9 Å². The van der Waals surface area contributed by atoms with Crippen LogP contribution in [0, 0.1) is 0 Å². The number of benzene rings is 1. The van der Waals surface area contributed by atoms with Crippen molar-refractivity contribution in [1.29, 1.82) is 0 Å². The average molecular weight is 378 g/mol. The molecule has 0 spiro atoms. The predicted molar refractivity (Wildman–Crippen MR) is 83.3 cm³/mol. The van der Waals surface area contributed by atoms with Gasteiger partial charge in [-0.25, -0.2) is 4.79 Å². The maximum atomic E-state index is 10.4. The molecule has 10 nitrogen and oxygen atoms in total. The number of guanidine groups is 1. The van der Waals surface area contributed by atoms with Gasteiger partial charge in [-0.1, -0.05) is 18.2 Å². The molecule has 8 N–H and O–H groups in total. The first kappa shape index (κ1) is 25.7. The molecule has 0 amide bonds. The normalized spacial score (nSPS) is 10.3. The van der Waals surface area contributed by atoms with Gasteiger partial charge in [-0.05, 0) is 18.9 Å². The molecular formula is C14H19KN4O6. The first-order chi connectivity index (χ1) is 11.2. The van der Waals surface area contributed by atoms with Gasteiger partial charge in [-0.2, -0.15) is 0 Å². The third-order valence-electron chi connectivity index (χ3n) is 2.66. The molecule has 25 heavy (non-hydrogen) atoms. The number of aliphatic carboxylic acids is 1. The van der Waals surface area contributed by atoms with Gasteiger partial charge in [-0.15, -0.1) is 0 Å². The molecule has 0 radical (unpaired) electrons. The molecule has 1 aromatic rings. The Balaban J connectivity index is 0. The summed E-state index contributed by atoms with van der Waals surface area (Å²) in [5.74, 6) is -3.73. The van der Waals surface area contributed by atoms with Gasteiger partial charge in [0, 0.05) is 12.1 Å². The molecule has 0 saturated heterocycles. The molecule has 1 unspecified atom stereocenters. The summed E-state index contributed by atoms with van der Waals surface area (Å²) in [7, 11) is 0. The SMILES string of the molecule is NC(N)=NCCCC(N)C(=O)O.O=C([O-])c1ccccc1C(=O)O.[K+]. The van der Waals surface area contributed by atoms with Crippen LogP contribution in [-0.4, -0.2) is 46.7 Å². The fourth-order valence-electron chi connectivity index (χ4n) is 1.49. The van der Waals surface area contributed by atoms with E-state index in [1.807, 2.05) is 0 Å². The molecule has 11 heteroatoms. The molecule has 0 bridgehead atoms. The zero-order chi connectivity index (χ0) is 18.7. The van der Waals surface area contributed by atoms with E-state index in [0.29, 0.717) is 19.4 Å². The van der Waals surface area contributed by atoms with E-state index in [1.54, 1.807) is 0 Å². The number of carbonyl (C=O) groups excluding carboxylic acids is 1. The Morgan fingerprint density at radius 2 is 1.64 bits per heavy atom. The van der Waals surface area contributed by atoms with Crippen LogP contribution in [0.2, 0.25) is 0 Å². The average Bonchev–Trinajstić information content (AvgIpc) is 2.51. The number of nitrogens with two attached hydrogens (primary N) is 3. The number of aliphatic imine (C=N–C) groups is 1. The Morgan fingerprint density at radius 3 is 2.00 bits per heavy atom. The largest absolute Gasteiger partial charge is 1.00 e. The summed E-state index contributed by atoms with van der Waals surface area (Å²) in [5, 5.41) is 27.3. The van der Waals surface area contributed by atoms with E-state index in [2.05, 4.69) is 4.99 Å². The molecule has 1 atom stereocenters. The fraction of sp³-hybridized carbons (Fsp3) is 0.286. The summed E-state index contributed by atoms with van der Waals surface area (Å²) in [4.78, 5) is 34.7.